The molecule has 0 aromatic heterocycles. The molecule has 0 atom stereocenters. The van der Waals surface area contributed by atoms with Gasteiger partial charge in [-0.05, 0) is 5.92 Å². The first-order chi connectivity index (χ1) is 4.74. The van der Waals surface area contributed by atoms with Gasteiger partial charge in [0.25, 0.3) is 0 Å². The topological polar surface area (TPSA) is 38.4 Å². The van der Waals surface area contributed by atoms with Crippen LogP contribution in [0.4, 0.5) is 0 Å². The van der Waals surface area contributed by atoms with Gasteiger partial charge < -0.3 is 5.73 Å². The summed E-state index contributed by atoms with van der Waals surface area (Å²) in [6.07, 6.45) is 3.11. The molecule has 1 heterocycles. The predicted molar refractivity (Wildman–Crippen MR) is 44.0 cm³/mol. The Balaban J connectivity index is 2.57. The van der Waals surface area contributed by atoms with Gasteiger partial charge in [0, 0.05) is 18.7 Å². The van der Waals surface area contributed by atoms with Crippen LogP contribution in [-0.4, -0.2) is 12.3 Å². The smallest absolute Gasteiger partial charge is 0.0503 e. The van der Waals surface area contributed by atoms with Crippen molar-refractivity contribution >= 4 is 5.71 Å². The predicted octanol–water partition coefficient (Wildman–Crippen LogP) is 1.33. The standard InChI is InChI=1S/C8H14N2/c1-6(2)8-4-3-7(5-9)10-8/h3,6H,4-5,9H2,1-2H3. The van der Waals surface area contributed by atoms with E-state index < -0.39 is 0 Å². The van der Waals surface area contributed by atoms with Crippen molar-refractivity contribution in [1.82, 2.24) is 0 Å². The maximum absolute atomic E-state index is 5.42. The van der Waals surface area contributed by atoms with E-state index in [-0.39, 0.29) is 0 Å². The van der Waals surface area contributed by atoms with Gasteiger partial charge in [-0.3, -0.25) is 4.99 Å². The van der Waals surface area contributed by atoms with Crippen molar-refractivity contribution < 1.29 is 0 Å². The number of hydrogen-bond acceptors (Lipinski definition) is 2. The van der Waals surface area contributed by atoms with E-state index in [4.69, 9.17) is 5.73 Å². The highest BCUT2D eigenvalue weighted by atomic mass is 14.8. The van der Waals surface area contributed by atoms with Crippen LogP contribution in [0.25, 0.3) is 0 Å². The molecule has 2 nitrogen and oxygen atoms in total. The zero-order valence-corrected chi connectivity index (χ0v) is 6.59. The molecular formula is C8H14N2. The van der Waals surface area contributed by atoms with E-state index in [0.29, 0.717) is 12.5 Å². The van der Waals surface area contributed by atoms with Crippen molar-refractivity contribution in [3.63, 3.8) is 0 Å². The van der Waals surface area contributed by atoms with Crippen molar-refractivity contribution in [1.29, 1.82) is 0 Å². The van der Waals surface area contributed by atoms with Crippen molar-refractivity contribution in [2.24, 2.45) is 16.6 Å². The molecule has 0 radical (unpaired) electrons. The number of rotatable bonds is 2. The summed E-state index contributed by atoms with van der Waals surface area (Å²) >= 11 is 0. The fourth-order valence-electron chi connectivity index (χ4n) is 0.992. The fraction of sp³-hybridized carbons (Fsp3) is 0.625. The summed E-state index contributed by atoms with van der Waals surface area (Å²) in [4.78, 5) is 4.36. The molecule has 10 heavy (non-hydrogen) atoms. The molecule has 1 rings (SSSR count). The molecule has 1 aliphatic heterocycles. The van der Waals surface area contributed by atoms with Gasteiger partial charge >= 0.3 is 0 Å². The summed E-state index contributed by atoms with van der Waals surface area (Å²) in [5, 5.41) is 0. The Bertz CT molecular complexity index is 178. The molecule has 56 valence electrons. The lowest BCUT2D eigenvalue weighted by atomic mass is 10.1. The maximum atomic E-state index is 5.42. The van der Waals surface area contributed by atoms with Gasteiger partial charge in [0.05, 0.1) is 5.70 Å². The average Bonchev–Trinajstić information content (AvgIpc) is 2.34. The molecule has 0 spiro atoms. The minimum absolute atomic E-state index is 0.570. The van der Waals surface area contributed by atoms with Gasteiger partial charge in [0.2, 0.25) is 0 Å². The zero-order valence-electron chi connectivity index (χ0n) is 6.59. The second-order valence-electron chi connectivity index (χ2n) is 2.86. The Morgan fingerprint density at radius 2 is 2.40 bits per heavy atom. The maximum Gasteiger partial charge on any atom is 0.0503 e. The van der Waals surface area contributed by atoms with Crippen LogP contribution in [-0.2, 0) is 0 Å². The van der Waals surface area contributed by atoms with E-state index >= 15 is 0 Å². The number of nitrogens with zero attached hydrogens (tertiary/aromatic N) is 1. The normalized spacial score (nSPS) is 17.6. The SMILES string of the molecule is CC(C)C1=NC(CN)=CC1. The Kier molecular flexibility index (Phi) is 2.22. The Hall–Kier alpha value is -0.630. The number of allylic oxidation sites excluding steroid dienone is 1. The quantitative estimate of drug-likeness (QED) is 0.614. The van der Waals surface area contributed by atoms with Crippen molar-refractivity contribution in [3.05, 3.63) is 11.8 Å². The number of nitrogens with two attached hydrogens (primary N) is 1. The van der Waals surface area contributed by atoms with Crippen LogP contribution in [0.15, 0.2) is 16.8 Å². The Morgan fingerprint density at radius 3 is 2.70 bits per heavy atom. The van der Waals surface area contributed by atoms with Crippen LogP contribution in [0.2, 0.25) is 0 Å². The first-order valence-electron chi connectivity index (χ1n) is 3.70. The molecule has 0 saturated heterocycles. The van der Waals surface area contributed by atoms with E-state index in [2.05, 4.69) is 24.9 Å². The van der Waals surface area contributed by atoms with E-state index in [1.807, 2.05) is 0 Å². The van der Waals surface area contributed by atoms with Gasteiger partial charge in [-0.2, -0.15) is 0 Å². The van der Waals surface area contributed by atoms with E-state index in [0.717, 1.165) is 12.1 Å². The summed E-state index contributed by atoms with van der Waals surface area (Å²) < 4.78 is 0. The molecule has 0 amide bonds. The molecular weight excluding hydrogens is 124 g/mol. The molecule has 2 heteroatoms. The van der Waals surface area contributed by atoms with E-state index in [1.165, 1.54) is 5.71 Å². The third-order valence-electron chi connectivity index (χ3n) is 1.71. The average molecular weight is 138 g/mol. The van der Waals surface area contributed by atoms with Gasteiger partial charge in [0.15, 0.2) is 0 Å². The highest BCUT2D eigenvalue weighted by molar-refractivity contribution is 5.90. The summed E-state index contributed by atoms with van der Waals surface area (Å²) in [5.41, 5.74) is 7.73. The molecule has 0 aromatic rings. The molecule has 0 aromatic carbocycles. The first kappa shape index (κ1) is 7.48. The van der Waals surface area contributed by atoms with Crippen LogP contribution in [0.5, 0.6) is 0 Å². The molecule has 0 fully saturated rings. The number of aliphatic imine (C=N–C) groups is 1. The van der Waals surface area contributed by atoms with Crippen LogP contribution in [0.3, 0.4) is 0 Å². The minimum atomic E-state index is 0.570. The third kappa shape index (κ3) is 1.45. The zero-order chi connectivity index (χ0) is 7.56. The second-order valence-corrected chi connectivity index (χ2v) is 2.86. The largest absolute Gasteiger partial charge is 0.325 e. The van der Waals surface area contributed by atoms with Gasteiger partial charge in [-0.1, -0.05) is 19.9 Å². The first-order valence-corrected chi connectivity index (χ1v) is 3.70. The molecule has 0 saturated carbocycles. The van der Waals surface area contributed by atoms with E-state index in [9.17, 15) is 0 Å². The molecule has 0 unspecified atom stereocenters. The van der Waals surface area contributed by atoms with Crippen molar-refractivity contribution in [2.45, 2.75) is 20.3 Å². The van der Waals surface area contributed by atoms with E-state index in [1.54, 1.807) is 0 Å². The summed E-state index contributed by atoms with van der Waals surface area (Å²) in [5.74, 6) is 0.570. The highest BCUT2D eigenvalue weighted by Crippen LogP contribution is 2.14. The lowest BCUT2D eigenvalue weighted by Crippen LogP contribution is -2.04. The molecule has 0 aliphatic carbocycles. The lowest BCUT2D eigenvalue weighted by molar-refractivity contribution is 0.871. The third-order valence-corrected chi connectivity index (χ3v) is 1.71. The highest BCUT2D eigenvalue weighted by Gasteiger charge is 2.09. The molecule has 1 aliphatic rings. The second kappa shape index (κ2) is 2.97. The van der Waals surface area contributed by atoms with Gasteiger partial charge in [0.1, 0.15) is 0 Å². The van der Waals surface area contributed by atoms with Crippen LogP contribution in [0.1, 0.15) is 20.3 Å². The minimum Gasteiger partial charge on any atom is -0.325 e. The Labute approximate surface area is 61.8 Å². The van der Waals surface area contributed by atoms with Crippen LogP contribution in [0, 0.1) is 5.92 Å². The monoisotopic (exact) mass is 138 g/mol. The summed E-state index contributed by atoms with van der Waals surface area (Å²) in [6, 6.07) is 0. The summed E-state index contributed by atoms with van der Waals surface area (Å²) in [7, 11) is 0. The lowest BCUT2D eigenvalue weighted by Gasteiger charge is -2.01. The van der Waals surface area contributed by atoms with Crippen molar-refractivity contribution in [2.75, 3.05) is 6.54 Å². The fourth-order valence-corrected chi connectivity index (χ4v) is 0.992. The van der Waals surface area contributed by atoms with Gasteiger partial charge in [-0.15, -0.1) is 0 Å². The molecule has 0 bridgehead atoms. The van der Waals surface area contributed by atoms with Gasteiger partial charge in [-0.25, -0.2) is 0 Å². The molecule has 2 N–H and O–H groups in total. The summed E-state index contributed by atoms with van der Waals surface area (Å²) in [6.45, 7) is 4.90. The van der Waals surface area contributed by atoms with Crippen LogP contribution < -0.4 is 5.73 Å². The Morgan fingerprint density at radius 1 is 1.70 bits per heavy atom. The number of hydrogen-bond donors (Lipinski definition) is 1. The van der Waals surface area contributed by atoms with Crippen LogP contribution >= 0.6 is 0 Å². The van der Waals surface area contributed by atoms with Crippen molar-refractivity contribution in [3.8, 4) is 0 Å².